The van der Waals surface area contributed by atoms with Crippen molar-refractivity contribution in [1.29, 1.82) is 0 Å². The highest BCUT2D eigenvalue weighted by Crippen LogP contribution is 2.16. The molecule has 0 radical (unpaired) electrons. The van der Waals surface area contributed by atoms with Crippen LogP contribution in [0.2, 0.25) is 5.02 Å². The van der Waals surface area contributed by atoms with E-state index in [4.69, 9.17) is 16.7 Å². The van der Waals surface area contributed by atoms with E-state index in [-0.39, 0.29) is 25.0 Å². The fourth-order valence-electron chi connectivity index (χ4n) is 1.50. The molecule has 0 saturated carbocycles. The number of carboxylic acids is 1. The van der Waals surface area contributed by atoms with E-state index in [1.54, 1.807) is 19.2 Å². The molecule has 1 atom stereocenters. The van der Waals surface area contributed by atoms with Crippen molar-refractivity contribution in [3.8, 4) is 0 Å². The average molecular weight is 285 g/mol. The van der Waals surface area contributed by atoms with Crippen LogP contribution in [-0.4, -0.2) is 35.6 Å². The molecule has 2 N–H and O–H groups in total. The molecule has 0 spiro atoms. The Morgan fingerprint density at radius 2 is 1.95 bits per heavy atom. The number of halogens is 1. The van der Waals surface area contributed by atoms with Gasteiger partial charge in [0.25, 0.3) is 0 Å². The maximum Gasteiger partial charge on any atom is 0.317 e. The fourth-order valence-corrected chi connectivity index (χ4v) is 1.62. The largest absolute Gasteiger partial charge is 0.481 e. The van der Waals surface area contributed by atoms with Crippen molar-refractivity contribution in [2.24, 2.45) is 0 Å². The third-order valence-corrected chi connectivity index (χ3v) is 2.97. The first-order chi connectivity index (χ1) is 8.90. The van der Waals surface area contributed by atoms with Gasteiger partial charge in [-0.15, -0.1) is 0 Å². The third kappa shape index (κ3) is 5.18. The Hall–Kier alpha value is -1.75. The number of nitrogens with one attached hydrogen (secondary N) is 1. The predicted octanol–water partition coefficient (Wildman–Crippen LogP) is 2.52. The number of hydrogen-bond donors (Lipinski definition) is 2. The molecule has 1 aromatic rings. The van der Waals surface area contributed by atoms with Crippen LogP contribution >= 0.6 is 11.6 Å². The molecule has 0 saturated heterocycles. The molecule has 5 nitrogen and oxygen atoms in total. The minimum atomic E-state index is -0.926. The first kappa shape index (κ1) is 15.3. The Morgan fingerprint density at radius 3 is 2.47 bits per heavy atom. The van der Waals surface area contributed by atoms with Gasteiger partial charge in [0.2, 0.25) is 0 Å². The lowest BCUT2D eigenvalue weighted by Gasteiger charge is -2.21. The molecule has 104 valence electrons. The van der Waals surface area contributed by atoms with Crippen LogP contribution in [-0.2, 0) is 4.79 Å². The van der Waals surface area contributed by atoms with E-state index >= 15 is 0 Å². The van der Waals surface area contributed by atoms with Crippen LogP contribution < -0.4 is 5.32 Å². The Labute approximate surface area is 117 Å². The van der Waals surface area contributed by atoms with E-state index in [1.165, 1.54) is 4.90 Å². The van der Waals surface area contributed by atoms with Crippen LogP contribution in [0.1, 0.15) is 24.9 Å². The summed E-state index contributed by atoms with van der Waals surface area (Å²) in [5.41, 5.74) is 0.935. The molecule has 6 heteroatoms. The summed E-state index contributed by atoms with van der Waals surface area (Å²) in [5, 5.41) is 12.0. The molecule has 0 bridgehead atoms. The number of urea groups is 1. The van der Waals surface area contributed by atoms with Gasteiger partial charge >= 0.3 is 12.0 Å². The van der Waals surface area contributed by atoms with Crippen LogP contribution in [0, 0.1) is 0 Å². The Bertz CT molecular complexity index is 448. The van der Waals surface area contributed by atoms with Crippen molar-refractivity contribution in [1.82, 2.24) is 10.2 Å². The van der Waals surface area contributed by atoms with Gasteiger partial charge in [0.15, 0.2) is 0 Å². The van der Waals surface area contributed by atoms with Crippen LogP contribution in [0.3, 0.4) is 0 Å². The molecular formula is C13H17ClN2O3. The zero-order valence-electron chi connectivity index (χ0n) is 10.9. The van der Waals surface area contributed by atoms with Gasteiger partial charge in [-0.25, -0.2) is 4.79 Å². The van der Waals surface area contributed by atoms with Gasteiger partial charge in [-0.2, -0.15) is 0 Å². The van der Waals surface area contributed by atoms with E-state index < -0.39 is 5.97 Å². The second-order valence-electron chi connectivity index (χ2n) is 4.29. The average Bonchev–Trinajstić information content (AvgIpc) is 2.36. The molecule has 1 aromatic carbocycles. The van der Waals surface area contributed by atoms with Crippen molar-refractivity contribution in [2.45, 2.75) is 19.4 Å². The molecule has 0 aliphatic rings. The molecule has 1 rings (SSSR count). The number of amides is 2. The summed E-state index contributed by atoms with van der Waals surface area (Å²) in [6.45, 7) is 2.03. The Kier molecular flexibility index (Phi) is 5.63. The summed E-state index contributed by atoms with van der Waals surface area (Å²) in [4.78, 5) is 23.6. The van der Waals surface area contributed by atoms with E-state index in [0.717, 1.165) is 5.56 Å². The van der Waals surface area contributed by atoms with E-state index in [0.29, 0.717) is 5.02 Å². The molecule has 0 unspecified atom stereocenters. The Morgan fingerprint density at radius 1 is 1.37 bits per heavy atom. The zero-order chi connectivity index (χ0) is 14.4. The van der Waals surface area contributed by atoms with Crippen molar-refractivity contribution in [3.63, 3.8) is 0 Å². The lowest BCUT2D eigenvalue weighted by atomic mass is 10.1. The zero-order valence-corrected chi connectivity index (χ0v) is 11.6. The van der Waals surface area contributed by atoms with Crippen molar-refractivity contribution in [3.05, 3.63) is 34.9 Å². The number of hydrogen-bond acceptors (Lipinski definition) is 2. The SMILES string of the molecule is C[C@H](NC(=O)N(C)CCC(=O)O)c1ccc(Cl)cc1. The molecule has 0 heterocycles. The molecule has 0 aliphatic heterocycles. The first-order valence-electron chi connectivity index (χ1n) is 5.89. The lowest BCUT2D eigenvalue weighted by molar-refractivity contribution is -0.137. The minimum Gasteiger partial charge on any atom is -0.481 e. The summed E-state index contributed by atoms with van der Waals surface area (Å²) < 4.78 is 0. The van der Waals surface area contributed by atoms with Crippen LogP contribution in [0.5, 0.6) is 0 Å². The van der Waals surface area contributed by atoms with Crippen LogP contribution in [0.4, 0.5) is 4.79 Å². The van der Waals surface area contributed by atoms with Gasteiger partial charge in [0.1, 0.15) is 0 Å². The molecule has 0 fully saturated rings. The molecule has 0 aliphatic carbocycles. The number of benzene rings is 1. The molecule has 0 aromatic heterocycles. The number of carbonyl (C=O) groups is 2. The van der Waals surface area contributed by atoms with Crippen molar-refractivity contribution >= 4 is 23.6 Å². The number of carbonyl (C=O) groups excluding carboxylic acids is 1. The highest BCUT2D eigenvalue weighted by molar-refractivity contribution is 6.30. The second-order valence-corrected chi connectivity index (χ2v) is 4.72. The van der Waals surface area contributed by atoms with Crippen LogP contribution in [0.15, 0.2) is 24.3 Å². The summed E-state index contributed by atoms with van der Waals surface area (Å²) >= 11 is 5.79. The monoisotopic (exact) mass is 284 g/mol. The third-order valence-electron chi connectivity index (χ3n) is 2.72. The standard InChI is InChI=1S/C13H17ClN2O3/c1-9(10-3-5-11(14)6-4-10)15-13(19)16(2)8-7-12(17)18/h3-6,9H,7-8H2,1-2H3,(H,15,19)(H,17,18)/t9-/m0/s1. The number of aliphatic carboxylic acids is 1. The van der Waals surface area contributed by atoms with E-state index in [9.17, 15) is 9.59 Å². The predicted molar refractivity (Wildman–Crippen MR) is 73.3 cm³/mol. The highest BCUT2D eigenvalue weighted by atomic mass is 35.5. The van der Waals surface area contributed by atoms with Gasteiger partial charge in [-0.3, -0.25) is 4.79 Å². The summed E-state index contributed by atoms with van der Waals surface area (Å²) in [7, 11) is 1.56. The highest BCUT2D eigenvalue weighted by Gasteiger charge is 2.13. The molecule has 19 heavy (non-hydrogen) atoms. The quantitative estimate of drug-likeness (QED) is 0.873. The summed E-state index contributed by atoms with van der Waals surface area (Å²) in [5.74, 6) is -0.926. The number of rotatable bonds is 5. The first-order valence-corrected chi connectivity index (χ1v) is 6.27. The normalized spacial score (nSPS) is 11.7. The van der Waals surface area contributed by atoms with E-state index in [1.807, 2.05) is 19.1 Å². The summed E-state index contributed by atoms with van der Waals surface area (Å²) in [6.07, 6.45) is -0.0702. The maximum absolute atomic E-state index is 11.8. The van der Waals surface area contributed by atoms with Gasteiger partial charge in [0.05, 0.1) is 12.5 Å². The smallest absolute Gasteiger partial charge is 0.317 e. The van der Waals surface area contributed by atoms with Gasteiger partial charge in [0, 0.05) is 18.6 Å². The van der Waals surface area contributed by atoms with Gasteiger partial charge in [-0.05, 0) is 24.6 Å². The Balaban J connectivity index is 2.51. The minimum absolute atomic E-state index is 0.0702. The maximum atomic E-state index is 11.8. The lowest BCUT2D eigenvalue weighted by Crippen LogP contribution is -2.39. The second kappa shape index (κ2) is 6.99. The van der Waals surface area contributed by atoms with E-state index in [2.05, 4.69) is 5.32 Å². The van der Waals surface area contributed by atoms with Crippen molar-refractivity contribution in [2.75, 3.05) is 13.6 Å². The molecular weight excluding hydrogens is 268 g/mol. The topological polar surface area (TPSA) is 69.6 Å². The number of nitrogens with zero attached hydrogens (tertiary/aromatic N) is 1. The van der Waals surface area contributed by atoms with Crippen LogP contribution in [0.25, 0.3) is 0 Å². The van der Waals surface area contributed by atoms with Gasteiger partial charge < -0.3 is 15.3 Å². The van der Waals surface area contributed by atoms with Crippen molar-refractivity contribution < 1.29 is 14.7 Å². The number of carboxylic acid groups (broad SMARTS) is 1. The molecule has 2 amide bonds. The summed E-state index contributed by atoms with van der Waals surface area (Å²) in [6, 6.07) is 6.72. The fraction of sp³-hybridized carbons (Fsp3) is 0.385. The van der Waals surface area contributed by atoms with Gasteiger partial charge in [-0.1, -0.05) is 23.7 Å².